The molecule has 35 heavy (non-hydrogen) atoms. The van der Waals surface area contributed by atoms with Gasteiger partial charge in [0, 0.05) is 17.8 Å². The van der Waals surface area contributed by atoms with E-state index in [4.69, 9.17) is 12.2 Å². The van der Waals surface area contributed by atoms with Crippen molar-refractivity contribution < 1.29 is 23.9 Å². The van der Waals surface area contributed by atoms with E-state index in [2.05, 4.69) is 10.1 Å². The maximum Gasteiger partial charge on any atom is 0.337 e. The average Bonchev–Trinajstić information content (AvgIpc) is 3.29. The van der Waals surface area contributed by atoms with E-state index in [1.807, 2.05) is 6.92 Å². The number of hydrogen-bond donors (Lipinski definition) is 1. The summed E-state index contributed by atoms with van der Waals surface area (Å²) in [6.07, 6.45) is 1.73. The molecule has 2 aliphatic heterocycles. The Balaban J connectivity index is 1.56. The molecular weight excluding hydrogens is 486 g/mol. The molecule has 0 atom stereocenters. The van der Waals surface area contributed by atoms with Crippen LogP contribution in [0, 0.1) is 0 Å². The third-order valence-electron chi connectivity index (χ3n) is 5.63. The molecule has 0 bridgehead atoms. The summed E-state index contributed by atoms with van der Waals surface area (Å²) in [5.74, 6) is -1.59. The number of para-hydroxylation sites is 1. The van der Waals surface area contributed by atoms with E-state index >= 15 is 0 Å². The minimum atomic E-state index is -0.477. The standard InChI is InChI=1S/C25H23N3O5S2/c1-3-4-13-27-23(31)21(35-25(27)34)20-17-7-5-6-8-18(17)28(22(20)30)14-19(29)26-16-11-9-15(10-12-16)24(32)33-2/h5-12H,3-4,13-14H2,1-2H3,(H,26,29). The number of benzene rings is 2. The molecular formula is C25H23N3O5S2. The van der Waals surface area contributed by atoms with E-state index in [9.17, 15) is 19.2 Å². The number of methoxy groups -OCH3 is 1. The maximum absolute atomic E-state index is 13.5. The number of rotatable bonds is 7. The van der Waals surface area contributed by atoms with Crippen molar-refractivity contribution in [1.82, 2.24) is 4.90 Å². The van der Waals surface area contributed by atoms with Crippen LogP contribution in [0.2, 0.25) is 0 Å². The lowest BCUT2D eigenvalue weighted by Crippen LogP contribution is -2.35. The summed E-state index contributed by atoms with van der Waals surface area (Å²) >= 11 is 6.53. The molecule has 1 N–H and O–H groups in total. The van der Waals surface area contributed by atoms with Crippen LogP contribution in [0.5, 0.6) is 0 Å². The molecule has 2 aliphatic rings. The number of esters is 1. The van der Waals surface area contributed by atoms with Crippen molar-refractivity contribution in [3.63, 3.8) is 0 Å². The Morgan fingerprint density at radius 2 is 1.74 bits per heavy atom. The third-order valence-corrected chi connectivity index (χ3v) is 7.07. The first-order valence-corrected chi connectivity index (χ1v) is 12.3. The van der Waals surface area contributed by atoms with Gasteiger partial charge in [0.1, 0.15) is 10.9 Å². The van der Waals surface area contributed by atoms with Gasteiger partial charge in [0.2, 0.25) is 5.91 Å². The Bertz CT molecular complexity index is 1260. The molecule has 2 aromatic rings. The number of unbranched alkanes of at least 4 members (excludes halogenated alkanes) is 1. The van der Waals surface area contributed by atoms with Gasteiger partial charge in [-0.05, 0) is 36.8 Å². The number of thiocarbonyl (C=S) groups is 1. The van der Waals surface area contributed by atoms with Gasteiger partial charge < -0.3 is 10.1 Å². The second-order valence-corrected chi connectivity index (χ2v) is 9.55. The van der Waals surface area contributed by atoms with Gasteiger partial charge in [-0.1, -0.05) is 55.5 Å². The maximum atomic E-state index is 13.5. The van der Waals surface area contributed by atoms with Gasteiger partial charge in [0.25, 0.3) is 11.8 Å². The van der Waals surface area contributed by atoms with E-state index < -0.39 is 17.8 Å². The van der Waals surface area contributed by atoms with Gasteiger partial charge >= 0.3 is 5.97 Å². The quantitative estimate of drug-likeness (QED) is 0.344. The molecule has 0 spiro atoms. The fraction of sp³-hybridized carbons (Fsp3) is 0.240. The van der Waals surface area contributed by atoms with Crippen LogP contribution in [0.25, 0.3) is 5.57 Å². The normalized spacial score (nSPS) is 17.1. The van der Waals surface area contributed by atoms with Crippen LogP contribution in [0.3, 0.4) is 0 Å². The van der Waals surface area contributed by atoms with Gasteiger partial charge in [-0.15, -0.1) is 0 Å². The number of hydrogen-bond acceptors (Lipinski definition) is 7. The summed E-state index contributed by atoms with van der Waals surface area (Å²) in [5, 5.41) is 2.73. The topological polar surface area (TPSA) is 96.0 Å². The molecule has 0 aliphatic carbocycles. The molecule has 2 aromatic carbocycles. The van der Waals surface area contributed by atoms with Gasteiger partial charge in [0.05, 0.1) is 28.8 Å². The van der Waals surface area contributed by atoms with Crippen LogP contribution in [0.4, 0.5) is 11.4 Å². The Kier molecular flexibility index (Phi) is 7.32. The zero-order valence-electron chi connectivity index (χ0n) is 19.2. The zero-order valence-corrected chi connectivity index (χ0v) is 20.8. The Hall–Kier alpha value is -3.50. The van der Waals surface area contributed by atoms with Crippen molar-refractivity contribution in [3.8, 4) is 0 Å². The van der Waals surface area contributed by atoms with Gasteiger partial charge in [0.15, 0.2) is 0 Å². The van der Waals surface area contributed by atoms with E-state index in [1.54, 1.807) is 36.4 Å². The van der Waals surface area contributed by atoms with Crippen LogP contribution >= 0.6 is 24.0 Å². The number of carbonyl (C=O) groups excluding carboxylic acids is 4. The third kappa shape index (κ3) is 4.85. The summed E-state index contributed by atoms with van der Waals surface area (Å²) in [4.78, 5) is 54.2. The van der Waals surface area contributed by atoms with Crippen molar-refractivity contribution in [2.75, 3.05) is 30.4 Å². The largest absolute Gasteiger partial charge is 0.465 e. The zero-order chi connectivity index (χ0) is 25.1. The van der Waals surface area contributed by atoms with Gasteiger partial charge in [-0.2, -0.15) is 0 Å². The number of thioether (sulfide) groups is 1. The Labute approximate surface area is 212 Å². The highest BCUT2D eigenvalue weighted by molar-refractivity contribution is 8.26. The molecule has 4 rings (SSSR count). The smallest absolute Gasteiger partial charge is 0.337 e. The summed E-state index contributed by atoms with van der Waals surface area (Å²) in [7, 11) is 1.29. The molecule has 0 saturated carbocycles. The lowest BCUT2D eigenvalue weighted by atomic mass is 10.1. The summed E-state index contributed by atoms with van der Waals surface area (Å²) in [5.41, 5.74) is 2.26. The highest BCUT2D eigenvalue weighted by Gasteiger charge is 2.42. The lowest BCUT2D eigenvalue weighted by molar-refractivity contribution is -0.122. The Morgan fingerprint density at radius 1 is 1.03 bits per heavy atom. The predicted octanol–water partition coefficient (Wildman–Crippen LogP) is 3.83. The van der Waals surface area contributed by atoms with Crippen molar-refractivity contribution in [3.05, 3.63) is 64.6 Å². The molecule has 2 heterocycles. The molecule has 3 amide bonds. The second-order valence-electron chi connectivity index (χ2n) is 7.91. The number of anilines is 2. The van der Waals surface area contributed by atoms with Crippen molar-refractivity contribution in [2.24, 2.45) is 0 Å². The molecule has 10 heteroatoms. The van der Waals surface area contributed by atoms with Crippen molar-refractivity contribution >= 4 is 68.9 Å². The van der Waals surface area contributed by atoms with E-state index in [1.165, 1.54) is 29.0 Å². The summed E-state index contributed by atoms with van der Waals surface area (Å²) in [6, 6.07) is 13.3. The molecule has 1 saturated heterocycles. The van der Waals surface area contributed by atoms with E-state index in [0.717, 1.165) is 24.6 Å². The lowest BCUT2D eigenvalue weighted by Gasteiger charge is -2.17. The highest BCUT2D eigenvalue weighted by atomic mass is 32.2. The van der Waals surface area contributed by atoms with Crippen LogP contribution in [-0.4, -0.2) is 53.1 Å². The van der Waals surface area contributed by atoms with Crippen LogP contribution in [-0.2, 0) is 19.1 Å². The fourth-order valence-electron chi connectivity index (χ4n) is 3.87. The minimum Gasteiger partial charge on any atom is -0.465 e. The van der Waals surface area contributed by atoms with Gasteiger partial charge in [-0.3, -0.25) is 24.2 Å². The molecule has 0 radical (unpaired) electrons. The molecule has 180 valence electrons. The monoisotopic (exact) mass is 509 g/mol. The van der Waals surface area contributed by atoms with Crippen LogP contribution in [0.15, 0.2) is 53.4 Å². The molecule has 8 nitrogen and oxygen atoms in total. The number of fused-ring (bicyclic) bond motifs is 1. The number of amides is 3. The molecule has 0 aromatic heterocycles. The fourth-order valence-corrected chi connectivity index (χ4v) is 5.25. The van der Waals surface area contributed by atoms with Crippen LogP contribution < -0.4 is 10.2 Å². The predicted molar refractivity (Wildman–Crippen MR) is 139 cm³/mol. The molecule has 0 unspecified atom stereocenters. The Morgan fingerprint density at radius 3 is 2.43 bits per heavy atom. The average molecular weight is 510 g/mol. The first kappa shape index (κ1) is 24.6. The van der Waals surface area contributed by atoms with E-state index in [-0.39, 0.29) is 18.0 Å². The number of nitrogens with one attached hydrogen (secondary N) is 1. The first-order valence-electron chi connectivity index (χ1n) is 11.0. The number of ether oxygens (including phenoxy) is 1. The van der Waals surface area contributed by atoms with Crippen molar-refractivity contribution in [1.29, 1.82) is 0 Å². The molecule has 1 fully saturated rings. The second kappa shape index (κ2) is 10.4. The number of nitrogens with zero attached hydrogens (tertiary/aromatic N) is 2. The van der Waals surface area contributed by atoms with E-state index in [0.29, 0.717) is 38.3 Å². The minimum absolute atomic E-state index is 0.242. The highest BCUT2D eigenvalue weighted by Crippen LogP contribution is 2.44. The summed E-state index contributed by atoms with van der Waals surface area (Å²) < 4.78 is 5.10. The SMILES string of the molecule is CCCCN1C(=O)C(=C2C(=O)N(CC(=O)Nc3ccc(C(=O)OC)cc3)c3ccccc32)SC1=S. The number of carbonyl (C=O) groups is 4. The van der Waals surface area contributed by atoms with Crippen LogP contribution in [0.1, 0.15) is 35.7 Å². The summed E-state index contributed by atoms with van der Waals surface area (Å²) in [6.45, 7) is 2.30. The van der Waals surface area contributed by atoms with Gasteiger partial charge in [-0.25, -0.2) is 4.79 Å². The van der Waals surface area contributed by atoms with Crippen molar-refractivity contribution in [2.45, 2.75) is 19.8 Å². The first-order chi connectivity index (χ1) is 16.8.